The van der Waals surface area contributed by atoms with Crippen LogP contribution in [0, 0.1) is 29.6 Å². The monoisotopic (exact) mass is 582 g/mol. The minimum absolute atomic E-state index is 0.117. The topological polar surface area (TPSA) is 64.5 Å². The molecule has 218 valence electrons. The van der Waals surface area contributed by atoms with Crippen LogP contribution in [-0.4, -0.2) is 10.6 Å². The molecule has 0 aliphatic rings. The van der Waals surface area contributed by atoms with Gasteiger partial charge in [-0.05, 0) is 66.6 Å². The van der Waals surface area contributed by atoms with E-state index in [1.54, 1.807) is 6.08 Å². The van der Waals surface area contributed by atoms with Gasteiger partial charge in [-0.25, -0.2) is 0 Å². The molecule has 0 aliphatic heterocycles. The molecule has 4 nitrogen and oxygen atoms in total. The van der Waals surface area contributed by atoms with Crippen LogP contribution >= 0.6 is 0 Å². The zero-order valence-electron chi connectivity index (χ0n) is 25.8. The SMILES string of the molecule is C=C/C=C\C(Nc1ccccc1-c1ccccc1-n1c2ccccc2c2cc(C#N)ccc21)C(C)(C)c1cc(C#N)ccc1C. The summed E-state index contributed by atoms with van der Waals surface area (Å²) in [5, 5.41) is 25.3. The van der Waals surface area contributed by atoms with E-state index in [4.69, 9.17) is 0 Å². The fourth-order valence-electron chi connectivity index (χ4n) is 6.42. The number of benzene rings is 5. The van der Waals surface area contributed by atoms with E-state index in [0.717, 1.165) is 55.4 Å². The number of hydrogen-bond donors (Lipinski definition) is 1. The van der Waals surface area contributed by atoms with Crippen LogP contribution < -0.4 is 5.32 Å². The second kappa shape index (κ2) is 12.0. The lowest BCUT2D eigenvalue weighted by Crippen LogP contribution is -2.39. The van der Waals surface area contributed by atoms with Crippen LogP contribution in [0.3, 0.4) is 0 Å². The molecule has 1 N–H and O–H groups in total. The van der Waals surface area contributed by atoms with E-state index in [1.807, 2.05) is 48.5 Å². The second-order valence-corrected chi connectivity index (χ2v) is 11.9. The van der Waals surface area contributed by atoms with Crippen LogP contribution in [0.15, 0.2) is 134 Å². The van der Waals surface area contributed by atoms with Crippen molar-refractivity contribution >= 4 is 27.5 Å². The summed E-state index contributed by atoms with van der Waals surface area (Å²) in [7, 11) is 0. The molecule has 0 bridgehead atoms. The van der Waals surface area contributed by atoms with Gasteiger partial charge in [-0.3, -0.25) is 0 Å². The average Bonchev–Trinajstić information content (AvgIpc) is 3.40. The number of allylic oxidation sites excluding steroid dienone is 2. The van der Waals surface area contributed by atoms with Gasteiger partial charge in [0, 0.05) is 33.0 Å². The number of anilines is 1. The third-order valence-corrected chi connectivity index (χ3v) is 8.75. The van der Waals surface area contributed by atoms with Gasteiger partial charge in [0.15, 0.2) is 0 Å². The summed E-state index contributed by atoms with van der Waals surface area (Å²) >= 11 is 0. The Hall–Kier alpha value is -5.84. The van der Waals surface area contributed by atoms with E-state index in [0.29, 0.717) is 11.1 Å². The molecule has 4 heteroatoms. The molecule has 1 aromatic heterocycles. The molecule has 0 radical (unpaired) electrons. The first-order chi connectivity index (χ1) is 21.9. The van der Waals surface area contributed by atoms with Crippen molar-refractivity contribution in [1.29, 1.82) is 10.5 Å². The van der Waals surface area contributed by atoms with E-state index < -0.39 is 0 Å². The summed E-state index contributed by atoms with van der Waals surface area (Å²) in [5.41, 5.74) is 9.53. The molecule has 0 spiro atoms. The Morgan fingerprint density at radius 1 is 0.756 bits per heavy atom. The highest BCUT2D eigenvalue weighted by molar-refractivity contribution is 6.10. The normalized spacial score (nSPS) is 12.2. The van der Waals surface area contributed by atoms with Crippen molar-refractivity contribution in [2.75, 3.05) is 5.32 Å². The molecule has 5 aromatic carbocycles. The van der Waals surface area contributed by atoms with Crippen molar-refractivity contribution in [3.05, 3.63) is 156 Å². The summed E-state index contributed by atoms with van der Waals surface area (Å²) < 4.78 is 2.30. The lowest BCUT2D eigenvalue weighted by Gasteiger charge is -2.36. The number of nitrogens with one attached hydrogen (secondary N) is 1. The van der Waals surface area contributed by atoms with Crippen molar-refractivity contribution in [3.8, 4) is 29.0 Å². The lowest BCUT2D eigenvalue weighted by atomic mass is 9.75. The van der Waals surface area contributed by atoms with Crippen molar-refractivity contribution in [2.45, 2.75) is 32.2 Å². The Balaban J connectivity index is 1.52. The summed E-state index contributed by atoms with van der Waals surface area (Å²) in [6.45, 7) is 10.5. The minimum atomic E-state index is -0.367. The van der Waals surface area contributed by atoms with Crippen molar-refractivity contribution in [1.82, 2.24) is 4.57 Å². The van der Waals surface area contributed by atoms with Crippen LogP contribution in [0.4, 0.5) is 5.69 Å². The Bertz CT molecular complexity index is 2180. The predicted molar refractivity (Wildman–Crippen MR) is 187 cm³/mol. The maximum atomic E-state index is 9.65. The Labute approximate surface area is 264 Å². The minimum Gasteiger partial charge on any atom is -0.377 e. The zero-order chi connectivity index (χ0) is 31.6. The largest absolute Gasteiger partial charge is 0.377 e. The molecule has 45 heavy (non-hydrogen) atoms. The highest BCUT2D eigenvalue weighted by Crippen LogP contribution is 2.40. The molecular weight excluding hydrogens is 548 g/mol. The molecule has 0 fully saturated rings. The van der Waals surface area contributed by atoms with Gasteiger partial charge in [0.05, 0.1) is 46.0 Å². The maximum absolute atomic E-state index is 9.65. The van der Waals surface area contributed by atoms with E-state index in [2.05, 4.69) is 122 Å². The smallest absolute Gasteiger partial charge is 0.0991 e. The predicted octanol–water partition coefficient (Wildman–Crippen LogP) is 10.0. The molecule has 0 aliphatic carbocycles. The first kappa shape index (κ1) is 29.2. The average molecular weight is 583 g/mol. The van der Waals surface area contributed by atoms with Crippen molar-refractivity contribution in [2.24, 2.45) is 0 Å². The summed E-state index contributed by atoms with van der Waals surface area (Å²) in [5.74, 6) is 0. The lowest BCUT2D eigenvalue weighted by molar-refractivity contribution is 0.486. The van der Waals surface area contributed by atoms with Crippen molar-refractivity contribution < 1.29 is 0 Å². The number of para-hydroxylation sites is 3. The summed E-state index contributed by atoms with van der Waals surface area (Å²) in [6, 6.07) is 41.6. The van der Waals surface area contributed by atoms with E-state index in [-0.39, 0.29) is 11.5 Å². The van der Waals surface area contributed by atoms with Crippen molar-refractivity contribution in [3.63, 3.8) is 0 Å². The molecule has 0 saturated heterocycles. The third kappa shape index (κ3) is 5.29. The van der Waals surface area contributed by atoms with Crippen LogP contribution in [0.5, 0.6) is 0 Å². The Morgan fingerprint density at radius 3 is 2.18 bits per heavy atom. The number of fused-ring (bicyclic) bond motifs is 3. The zero-order valence-corrected chi connectivity index (χ0v) is 25.8. The van der Waals surface area contributed by atoms with Gasteiger partial charge in [-0.2, -0.15) is 10.5 Å². The van der Waals surface area contributed by atoms with Crippen LogP contribution in [0.1, 0.15) is 36.1 Å². The maximum Gasteiger partial charge on any atom is 0.0991 e. The molecule has 0 amide bonds. The molecule has 0 saturated carbocycles. The van der Waals surface area contributed by atoms with Crippen LogP contribution in [-0.2, 0) is 5.41 Å². The van der Waals surface area contributed by atoms with Gasteiger partial charge in [0.2, 0.25) is 0 Å². The molecule has 1 unspecified atom stereocenters. The van der Waals surface area contributed by atoms with Gasteiger partial charge < -0.3 is 9.88 Å². The van der Waals surface area contributed by atoms with Gasteiger partial charge in [-0.1, -0.05) is 99.3 Å². The summed E-state index contributed by atoms with van der Waals surface area (Å²) in [6.07, 6.45) is 5.92. The number of aromatic nitrogens is 1. The Kier molecular flexibility index (Phi) is 7.82. The second-order valence-electron chi connectivity index (χ2n) is 11.9. The van der Waals surface area contributed by atoms with E-state index >= 15 is 0 Å². The first-order valence-electron chi connectivity index (χ1n) is 15.1. The van der Waals surface area contributed by atoms with Gasteiger partial charge >= 0.3 is 0 Å². The number of rotatable bonds is 8. The number of nitriles is 2. The standard InChI is InChI=1S/C41H34N4/c1-5-6-19-40(41(3,4)35-25-30(27-43)21-20-28(35)2)44-36-16-10-7-13-31(36)32-14-8-11-17-37(32)45-38-18-12-9-15-33(38)34-24-29(26-42)22-23-39(34)45/h5-25,40,44H,1H2,2-4H3/b19-6-. The number of nitrogens with zero attached hydrogens (tertiary/aromatic N) is 3. The third-order valence-electron chi connectivity index (χ3n) is 8.75. The fraction of sp³-hybridized carbons (Fsp3) is 0.122. The molecule has 1 atom stereocenters. The quantitative estimate of drug-likeness (QED) is 0.182. The number of aryl methyl sites for hydroxylation is 1. The van der Waals surface area contributed by atoms with Crippen LogP contribution in [0.2, 0.25) is 0 Å². The van der Waals surface area contributed by atoms with Gasteiger partial charge in [-0.15, -0.1) is 0 Å². The van der Waals surface area contributed by atoms with E-state index in [9.17, 15) is 10.5 Å². The molecular formula is C41H34N4. The number of hydrogen-bond acceptors (Lipinski definition) is 3. The first-order valence-corrected chi connectivity index (χ1v) is 15.1. The van der Waals surface area contributed by atoms with E-state index in [1.165, 1.54) is 0 Å². The molecule has 6 aromatic rings. The van der Waals surface area contributed by atoms with Crippen LogP contribution in [0.25, 0.3) is 38.6 Å². The highest BCUT2D eigenvalue weighted by atomic mass is 15.0. The molecule has 6 rings (SSSR count). The van der Waals surface area contributed by atoms with Gasteiger partial charge in [0.25, 0.3) is 0 Å². The Morgan fingerprint density at radius 2 is 1.40 bits per heavy atom. The highest BCUT2D eigenvalue weighted by Gasteiger charge is 2.32. The fourth-order valence-corrected chi connectivity index (χ4v) is 6.42. The molecule has 1 heterocycles. The summed E-state index contributed by atoms with van der Waals surface area (Å²) in [4.78, 5) is 0. The van der Waals surface area contributed by atoms with Gasteiger partial charge in [0.1, 0.15) is 0 Å².